The second kappa shape index (κ2) is 11.3. The highest BCUT2D eigenvalue weighted by molar-refractivity contribution is 7.98. The molecule has 34 heavy (non-hydrogen) atoms. The molecule has 188 valence electrons. The maximum Gasteiger partial charge on any atom is 0.408 e. The topological polar surface area (TPSA) is 149 Å². The number of phenols is 1. The summed E-state index contributed by atoms with van der Waals surface area (Å²) in [7, 11) is 2.58. The summed E-state index contributed by atoms with van der Waals surface area (Å²) in [4.78, 5) is 50.4. The quantitative estimate of drug-likeness (QED) is 0.415. The minimum absolute atomic E-state index is 0.0796. The molecule has 11 nitrogen and oxygen atoms in total. The molecule has 0 aromatic heterocycles. The van der Waals surface area contributed by atoms with Gasteiger partial charge in [-0.3, -0.25) is 4.79 Å². The third kappa shape index (κ3) is 6.92. The Hall–Kier alpha value is -3.15. The SMILES string of the molecule is COC(=O)[C@H]1CSCc2c(O)cc(OC)c(C)c2C(=O)OC[C@H](NC(=O)OC(C)(C)C)C(=O)N1. The van der Waals surface area contributed by atoms with E-state index in [2.05, 4.69) is 10.6 Å². The van der Waals surface area contributed by atoms with E-state index in [-0.39, 0.29) is 28.6 Å². The third-order valence-electron chi connectivity index (χ3n) is 4.77. The third-order valence-corrected chi connectivity index (χ3v) is 5.83. The van der Waals surface area contributed by atoms with E-state index in [0.29, 0.717) is 11.1 Å². The number of aromatic hydroxyl groups is 1. The number of cyclic esters (lactones) is 1. The number of amides is 2. The highest BCUT2D eigenvalue weighted by Gasteiger charge is 2.32. The molecule has 1 aliphatic rings. The molecule has 1 aliphatic heterocycles. The molecule has 0 radical (unpaired) electrons. The monoisotopic (exact) mass is 498 g/mol. The van der Waals surface area contributed by atoms with Crippen LogP contribution in [0.25, 0.3) is 0 Å². The molecular formula is C22H30N2O9S. The average Bonchev–Trinajstić information content (AvgIpc) is 2.74. The van der Waals surface area contributed by atoms with Crippen molar-refractivity contribution in [3.8, 4) is 11.5 Å². The van der Waals surface area contributed by atoms with Gasteiger partial charge in [0.1, 0.15) is 35.8 Å². The fraction of sp³-hybridized carbons (Fsp3) is 0.545. The number of rotatable bonds is 3. The number of carbonyl (C=O) groups is 4. The van der Waals surface area contributed by atoms with E-state index in [0.717, 1.165) is 0 Å². The van der Waals surface area contributed by atoms with Crippen LogP contribution in [-0.4, -0.2) is 73.3 Å². The molecule has 1 aromatic carbocycles. The van der Waals surface area contributed by atoms with Crippen molar-refractivity contribution in [2.45, 2.75) is 51.1 Å². The first-order valence-electron chi connectivity index (χ1n) is 10.4. The van der Waals surface area contributed by atoms with Gasteiger partial charge in [0.25, 0.3) is 0 Å². The van der Waals surface area contributed by atoms with E-state index in [1.807, 2.05) is 0 Å². The van der Waals surface area contributed by atoms with E-state index in [1.54, 1.807) is 27.7 Å². The molecule has 0 spiro atoms. The van der Waals surface area contributed by atoms with Crippen LogP contribution in [0.1, 0.15) is 42.3 Å². The standard InChI is InChI=1S/C22H30N2O9S/c1-11-16(30-5)7-15(25)12-9-34-10-14(19(27)31-6)23-18(26)13(8-32-20(28)17(11)12)24-21(29)33-22(2,3)4/h7,13-14,25H,8-10H2,1-6H3,(H,23,26)(H,24,29)/t13-,14+/m0/s1. The first-order valence-corrected chi connectivity index (χ1v) is 11.6. The molecular weight excluding hydrogens is 468 g/mol. The Morgan fingerprint density at radius 3 is 2.53 bits per heavy atom. The Balaban J connectivity index is 2.45. The first kappa shape index (κ1) is 27.1. The largest absolute Gasteiger partial charge is 0.507 e. The first-order chi connectivity index (χ1) is 15.9. The second-order valence-electron chi connectivity index (χ2n) is 8.47. The Morgan fingerprint density at radius 2 is 1.94 bits per heavy atom. The second-order valence-corrected chi connectivity index (χ2v) is 9.50. The lowest BCUT2D eigenvalue weighted by molar-refractivity contribution is -0.144. The number of nitrogens with one attached hydrogen (secondary N) is 2. The molecule has 2 atom stereocenters. The smallest absolute Gasteiger partial charge is 0.408 e. The summed E-state index contributed by atoms with van der Waals surface area (Å²) in [6, 6.07) is -1.02. The minimum Gasteiger partial charge on any atom is -0.507 e. The van der Waals surface area contributed by atoms with Crippen LogP contribution in [-0.2, 0) is 29.6 Å². The number of carbonyl (C=O) groups excluding carboxylic acids is 4. The van der Waals surface area contributed by atoms with Crippen molar-refractivity contribution in [1.82, 2.24) is 10.6 Å². The van der Waals surface area contributed by atoms with Crippen LogP contribution in [0.3, 0.4) is 0 Å². The van der Waals surface area contributed by atoms with Crippen LogP contribution >= 0.6 is 11.8 Å². The molecule has 1 heterocycles. The van der Waals surface area contributed by atoms with Gasteiger partial charge in [-0.05, 0) is 27.7 Å². The number of benzene rings is 1. The van der Waals surface area contributed by atoms with Crippen LogP contribution in [0.5, 0.6) is 11.5 Å². The molecule has 2 rings (SSSR count). The summed E-state index contributed by atoms with van der Waals surface area (Å²) in [5.41, 5.74) is -0.0298. The average molecular weight is 499 g/mol. The Bertz CT molecular complexity index is 959. The van der Waals surface area contributed by atoms with Crippen LogP contribution in [0.4, 0.5) is 4.79 Å². The van der Waals surface area contributed by atoms with E-state index in [4.69, 9.17) is 18.9 Å². The summed E-state index contributed by atoms with van der Waals surface area (Å²) >= 11 is 1.19. The molecule has 0 bridgehead atoms. The van der Waals surface area contributed by atoms with Crippen molar-refractivity contribution < 1.29 is 43.2 Å². The van der Waals surface area contributed by atoms with Gasteiger partial charge in [0.2, 0.25) is 5.91 Å². The summed E-state index contributed by atoms with van der Waals surface area (Å²) in [6.45, 7) is 6.03. The molecule has 0 saturated carbocycles. The van der Waals surface area contributed by atoms with Gasteiger partial charge in [-0.25, -0.2) is 14.4 Å². The van der Waals surface area contributed by atoms with E-state index in [9.17, 15) is 24.3 Å². The number of esters is 2. The highest BCUT2D eigenvalue weighted by Crippen LogP contribution is 2.35. The van der Waals surface area contributed by atoms with Gasteiger partial charge in [0, 0.05) is 28.7 Å². The fourth-order valence-corrected chi connectivity index (χ4v) is 4.23. The van der Waals surface area contributed by atoms with Crippen LogP contribution in [0, 0.1) is 6.92 Å². The Labute approximate surface area is 201 Å². The predicted molar refractivity (Wildman–Crippen MR) is 123 cm³/mol. The molecule has 2 amide bonds. The van der Waals surface area contributed by atoms with Crippen molar-refractivity contribution in [1.29, 1.82) is 0 Å². The lowest BCUT2D eigenvalue weighted by Crippen LogP contribution is -2.55. The minimum atomic E-state index is -1.36. The van der Waals surface area contributed by atoms with E-state index >= 15 is 0 Å². The highest BCUT2D eigenvalue weighted by atomic mass is 32.2. The van der Waals surface area contributed by atoms with Gasteiger partial charge in [-0.15, -0.1) is 0 Å². The van der Waals surface area contributed by atoms with Crippen molar-refractivity contribution in [3.05, 3.63) is 22.8 Å². The number of phenolic OH excluding ortho intramolecular Hbond substituents is 1. The normalized spacial score (nSPS) is 19.4. The van der Waals surface area contributed by atoms with Gasteiger partial charge >= 0.3 is 18.0 Å². The van der Waals surface area contributed by atoms with Gasteiger partial charge in [0.15, 0.2) is 0 Å². The zero-order chi connectivity index (χ0) is 25.6. The summed E-state index contributed by atoms with van der Waals surface area (Å²) < 4.78 is 20.6. The van der Waals surface area contributed by atoms with Crippen LogP contribution < -0.4 is 15.4 Å². The maximum atomic E-state index is 13.0. The molecule has 0 aliphatic carbocycles. The number of hydrogen-bond acceptors (Lipinski definition) is 10. The number of alkyl carbamates (subject to hydrolysis) is 1. The fourth-order valence-electron chi connectivity index (χ4n) is 3.16. The molecule has 3 N–H and O–H groups in total. The molecule has 0 fully saturated rings. The van der Waals surface area contributed by atoms with Crippen LogP contribution in [0.15, 0.2) is 6.07 Å². The van der Waals surface area contributed by atoms with Crippen molar-refractivity contribution in [2.24, 2.45) is 0 Å². The summed E-state index contributed by atoms with van der Waals surface area (Å²) in [6.07, 6.45) is -0.907. The van der Waals surface area contributed by atoms with Gasteiger partial charge in [0.05, 0.1) is 19.8 Å². The molecule has 0 unspecified atom stereocenters. The molecule has 12 heteroatoms. The zero-order valence-corrected chi connectivity index (χ0v) is 20.8. The van der Waals surface area contributed by atoms with Crippen LogP contribution in [0.2, 0.25) is 0 Å². The van der Waals surface area contributed by atoms with Gasteiger partial charge < -0.3 is 34.7 Å². The summed E-state index contributed by atoms with van der Waals surface area (Å²) in [5.74, 6) is -1.95. The number of methoxy groups -OCH3 is 2. The zero-order valence-electron chi connectivity index (χ0n) is 20.0. The molecule has 1 aromatic rings. The lowest BCUT2D eigenvalue weighted by Gasteiger charge is -2.25. The van der Waals surface area contributed by atoms with E-state index in [1.165, 1.54) is 32.0 Å². The maximum absolute atomic E-state index is 13.0. The van der Waals surface area contributed by atoms with Crippen molar-refractivity contribution >= 4 is 35.7 Å². The van der Waals surface area contributed by atoms with Crippen molar-refractivity contribution in [2.75, 3.05) is 26.6 Å². The molecule has 0 saturated heterocycles. The number of fused-ring (bicyclic) bond motifs is 1. The number of thioether (sulfide) groups is 1. The van der Waals surface area contributed by atoms with E-state index < -0.39 is 48.2 Å². The number of ether oxygens (including phenoxy) is 4. The van der Waals surface area contributed by atoms with Gasteiger partial charge in [-0.1, -0.05) is 0 Å². The Kier molecular flexibility index (Phi) is 9.02. The lowest BCUT2D eigenvalue weighted by atomic mass is 10.0. The Morgan fingerprint density at radius 1 is 1.26 bits per heavy atom. The van der Waals surface area contributed by atoms with Crippen molar-refractivity contribution in [3.63, 3.8) is 0 Å². The van der Waals surface area contributed by atoms with Gasteiger partial charge in [-0.2, -0.15) is 11.8 Å². The predicted octanol–water partition coefficient (Wildman–Crippen LogP) is 1.66. The number of hydrogen-bond donors (Lipinski definition) is 3. The summed E-state index contributed by atoms with van der Waals surface area (Å²) in [5, 5.41) is 15.4.